The SMILES string of the molecule is OC1CC(CNC2CCCCc3ccccc32)C1. The van der Waals surface area contributed by atoms with Crippen LogP contribution < -0.4 is 5.32 Å². The highest BCUT2D eigenvalue weighted by atomic mass is 16.3. The average molecular weight is 245 g/mol. The quantitative estimate of drug-likeness (QED) is 0.803. The second-order valence-electron chi connectivity index (χ2n) is 5.90. The summed E-state index contributed by atoms with van der Waals surface area (Å²) in [4.78, 5) is 0. The molecule has 1 saturated carbocycles. The van der Waals surface area contributed by atoms with E-state index in [2.05, 4.69) is 29.6 Å². The molecule has 1 aromatic rings. The van der Waals surface area contributed by atoms with E-state index in [9.17, 15) is 5.11 Å². The van der Waals surface area contributed by atoms with E-state index in [-0.39, 0.29) is 6.10 Å². The zero-order valence-electron chi connectivity index (χ0n) is 10.9. The normalized spacial score (nSPS) is 31.3. The Morgan fingerprint density at radius 3 is 2.83 bits per heavy atom. The Morgan fingerprint density at radius 1 is 1.17 bits per heavy atom. The van der Waals surface area contributed by atoms with Crippen molar-refractivity contribution in [1.82, 2.24) is 5.32 Å². The highest BCUT2D eigenvalue weighted by molar-refractivity contribution is 5.31. The molecule has 1 atom stereocenters. The number of aliphatic hydroxyl groups excluding tert-OH is 1. The largest absolute Gasteiger partial charge is 0.393 e. The van der Waals surface area contributed by atoms with E-state index < -0.39 is 0 Å². The van der Waals surface area contributed by atoms with E-state index in [1.54, 1.807) is 0 Å². The molecule has 2 aliphatic rings. The van der Waals surface area contributed by atoms with Crippen LogP contribution in [0.4, 0.5) is 0 Å². The molecule has 1 fully saturated rings. The first-order valence-electron chi connectivity index (χ1n) is 7.32. The second-order valence-corrected chi connectivity index (χ2v) is 5.90. The van der Waals surface area contributed by atoms with Crippen molar-refractivity contribution >= 4 is 0 Å². The number of aryl methyl sites for hydroxylation is 1. The predicted octanol–water partition coefficient (Wildman–Crippen LogP) is 2.81. The first-order chi connectivity index (χ1) is 8.83. The molecule has 0 amide bonds. The number of hydrogen-bond acceptors (Lipinski definition) is 2. The van der Waals surface area contributed by atoms with Crippen LogP contribution in [-0.4, -0.2) is 17.8 Å². The minimum atomic E-state index is -0.0294. The monoisotopic (exact) mass is 245 g/mol. The Morgan fingerprint density at radius 2 is 2.00 bits per heavy atom. The molecule has 1 unspecified atom stereocenters. The van der Waals surface area contributed by atoms with Gasteiger partial charge in [-0.15, -0.1) is 0 Å². The number of fused-ring (bicyclic) bond motifs is 1. The summed E-state index contributed by atoms with van der Waals surface area (Å²) in [5.74, 6) is 0.690. The molecule has 0 bridgehead atoms. The van der Waals surface area contributed by atoms with Gasteiger partial charge in [0.1, 0.15) is 0 Å². The van der Waals surface area contributed by atoms with Gasteiger partial charge in [-0.3, -0.25) is 0 Å². The lowest BCUT2D eigenvalue weighted by Gasteiger charge is -2.33. The van der Waals surface area contributed by atoms with E-state index in [4.69, 9.17) is 0 Å². The molecular formula is C16H23NO. The number of hydrogen-bond donors (Lipinski definition) is 2. The molecule has 0 heterocycles. The van der Waals surface area contributed by atoms with Gasteiger partial charge in [-0.25, -0.2) is 0 Å². The summed E-state index contributed by atoms with van der Waals surface area (Å²) >= 11 is 0. The molecule has 0 saturated heterocycles. The Hall–Kier alpha value is -0.860. The molecule has 1 aromatic carbocycles. The summed E-state index contributed by atoms with van der Waals surface area (Å²) in [7, 11) is 0. The van der Waals surface area contributed by atoms with Crippen LogP contribution in [0.15, 0.2) is 24.3 Å². The van der Waals surface area contributed by atoms with Gasteiger partial charge in [-0.05, 0) is 55.7 Å². The van der Waals surface area contributed by atoms with E-state index >= 15 is 0 Å². The molecule has 2 heteroatoms. The van der Waals surface area contributed by atoms with Crippen LogP contribution >= 0.6 is 0 Å². The topological polar surface area (TPSA) is 32.3 Å². The maximum Gasteiger partial charge on any atom is 0.0546 e. The lowest BCUT2D eigenvalue weighted by atomic mass is 9.82. The van der Waals surface area contributed by atoms with Gasteiger partial charge in [0.15, 0.2) is 0 Å². The van der Waals surface area contributed by atoms with Crippen LogP contribution in [0.5, 0.6) is 0 Å². The summed E-state index contributed by atoms with van der Waals surface area (Å²) in [6.07, 6.45) is 7.07. The lowest BCUT2D eigenvalue weighted by molar-refractivity contribution is 0.0417. The Labute approximate surface area is 109 Å². The van der Waals surface area contributed by atoms with Gasteiger partial charge in [0.2, 0.25) is 0 Å². The fourth-order valence-electron chi connectivity index (χ4n) is 3.31. The molecule has 0 radical (unpaired) electrons. The van der Waals surface area contributed by atoms with Crippen molar-refractivity contribution < 1.29 is 5.11 Å². The fraction of sp³-hybridized carbons (Fsp3) is 0.625. The third-order valence-electron chi connectivity index (χ3n) is 4.48. The maximum absolute atomic E-state index is 9.33. The Balaban J connectivity index is 1.64. The van der Waals surface area contributed by atoms with Crippen LogP contribution in [-0.2, 0) is 6.42 Å². The second kappa shape index (κ2) is 5.41. The van der Waals surface area contributed by atoms with Crippen molar-refractivity contribution in [3.8, 4) is 0 Å². The molecule has 0 aliphatic heterocycles. The number of aliphatic hydroxyl groups is 1. The van der Waals surface area contributed by atoms with Crippen molar-refractivity contribution in [2.24, 2.45) is 5.92 Å². The van der Waals surface area contributed by atoms with Gasteiger partial charge in [-0.2, -0.15) is 0 Å². The zero-order valence-corrected chi connectivity index (χ0v) is 10.9. The highest BCUT2D eigenvalue weighted by Crippen LogP contribution is 2.31. The molecule has 2 aliphatic carbocycles. The summed E-state index contributed by atoms with van der Waals surface area (Å²) in [6, 6.07) is 9.41. The van der Waals surface area contributed by atoms with Crippen LogP contribution in [0.3, 0.4) is 0 Å². The zero-order chi connectivity index (χ0) is 12.4. The first kappa shape index (κ1) is 12.2. The smallest absolute Gasteiger partial charge is 0.0546 e. The van der Waals surface area contributed by atoms with E-state index in [0.717, 1.165) is 19.4 Å². The van der Waals surface area contributed by atoms with Gasteiger partial charge in [0, 0.05) is 6.04 Å². The van der Waals surface area contributed by atoms with Crippen LogP contribution in [0, 0.1) is 5.92 Å². The van der Waals surface area contributed by atoms with Gasteiger partial charge < -0.3 is 10.4 Å². The third kappa shape index (κ3) is 2.60. The van der Waals surface area contributed by atoms with Gasteiger partial charge in [-0.1, -0.05) is 30.7 Å². The third-order valence-corrected chi connectivity index (χ3v) is 4.48. The Bertz CT molecular complexity index is 398. The molecule has 18 heavy (non-hydrogen) atoms. The molecule has 3 rings (SSSR count). The Kier molecular flexibility index (Phi) is 3.67. The van der Waals surface area contributed by atoms with Gasteiger partial charge in [0.25, 0.3) is 0 Å². The molecule has 2 N–H and O–H groups in total. The van der Waals surface area contributed by atoms with Crippen LogP contribution in [0.2, 0.25) is 0 Å². The predicted molar refractivity (Wildman–Crippen MR) is 73.5 cm³/mol. The van der Waals surface area contributed by atoms with Crippen molar-refractivity contribution in [2.45, 2.75) is 50.7 Å². The molecule has 0 spiro atoms. The standard InChI is InChI=1S/C16H23NO/c18-14-9-12(10-14)11-17-16-8-4-2-6-13-5-1-3-7-15(13)16/h1,3,5,7,12,14,16-18H,2,4,6,8-11H2. The lowest BCUT2D eigenvalue weighted by Crippen LogP contribution is -2.37. The summed E-state index contributed by atoms with van der Waals surface area (Å²) in [5.41, 5.74) is 3.04. The number of benzene rings is 1. The number of nitrogens with one attached hydrogen (secondary N) is 1. The maximum atomic E-state index is 9.33. The first-order valence-corrected chi connectivity index (χ1v) is 7.32. The van der Waals surface area contributed by atoms with Gasteiger partial charge >= 0.3 is 0 Å². The van der Waals surface area contributed by atoms with Gasteiger partial charge in [0.05, 0.1) is 6.10 Å². The van der Waals surface area contributed by atoms with Crippen molar-refractivity contribution in [2.75, 3.05) is 6.54 Å². The summed E-state index contributed by atoms with van der Waals surface area (Å²) in [5, 5.41) is 13.1. The van der Waals surface area contributed by atoms with Crippen LogP contribution in [0.1, 0.15) is 49.3 Å². The van der Waals surface area contributed by atoms with E-state index in [1.165, 1.54) is 36.8 Å². The average Bonchev–Trinajstić information content (AvgIpc) is 2.56. The van der Waals surface area contributed by atoms with Crippen molar-refractivity contribution in [1.29, 1.82) is 0 Å². The minimum Gasteiger partial charge on any atom is -0.393 e. The van der Waals surface area contributed by atoms with Crippen molar-refractivity contribution in [3.63, 3.8) is 0 Å². The van der Waals surface area contributed by atoms with E-state index in [1.807, 2.05) is 0 Å². The fourth-order valence-corrected chi connectivity index (χ4v) is 3.31. The molecule has 0 aromatic heterocycles. The van der Waals surface area contributed by atoms with Crippen molar-refractivity contribution in [3.05, 3.63) is 35.4 Å². The summed E-state index contributed by atoms with van der Waals surface area (Å²) < 4.78 is 0. The summed E-state index contributed by atoms with van der Waals surface area (Å²) in [6.45, 7) is 1.07. The highest BCUT2D eigenvalue weighted by Gasteiger charge is 2.28. The number of rotatable bonds is 3. The van der Waals surface area contributed by atoms with E-state index in [0.29, 0.717) is 12.0 Å². The minimum absolute atomic E-state index is 0.0294. The van der Waals surface area contributed by atoms with Crippen LogP contribution in [0.25, 0.3) is 0 Å². The molecular weight excluding hydrogens is 222 g/mol. The molecule has 98 valence electrons. The molecule has 2 nitrogen and oxygen atoms in total.